The van der Waals surface area contributed by atoms with Crippen LogP contribution in [-0.2, 0) is 12.7 Å². The quantitative estimate of drug-likeness (QED) is 0.901. The predicted octanol–water partition coefficient (Wildman–Crippen LogP) is 2.78. The Labute approximate surface area is 122 Å². The van der Waals surface area contributed by atoms with E-state index in [9.17, 15) is 18.3 Å². The lowest BCUT2D eigenvalue weighted by atomic mass is 9.93. The highest BCUT2D eigenvalue weighted by Gasteiger charge is 2.34. The molecule has 0 amide bonds. The Hall–Kier alpha value is -1.27. The third-order valence-corrected chi connectivity index (χ3v) is 3.97. The number of aliphatic hydroxyl groups is 1. The zero-order valence-corrected chi connectivity index (χ0v) is 12.3. The molecule has 1 aliphatic heterocycles. The fourth-order valence-corrected chi connectivity index (χ4v) is 2.62. The number of nitrogens with zero attached hydrogens (tertiary/aromatic N) is 1. The van der Waals surface area contributed by atoms with Gasteiger partial charge in [0.1, 0.15) is 0 Å². The topological polar surface area (TPSA) is 35.5 Å². The zero-order valence-electron chi connectivity index (χ0n) is 12.3. The van der Waals surface area contributed by atoms with Crippen LogP contribution in [0.4, 0.5) is 18.9 Å². The maximum absolute atomic E-state index is 13.2. The van der Waals surface area contributed by atoms with E-state index in [1.54, 1.807) is 20.0 Å². The van der Waals surface area contributed by atoms with Crippen molar-refractivity contribution in [2.45, 2.75) is 38.1 Å². The predicted molar refractivity (Wildman–Crippen MR) is 76.3 cm³/mol. The molecule has 1 aromatic rings. The van der Waals surface area contributed by atoms with Crippen molar-refractivity contribution >= 4 is 5.69 Å². The van der Waals surface area contributed by atoms with Gasteiger partial charge in [-0.25, -0.2) is 0 Å². The number of alkyl halides is 3. The van der Waals surface area contributed by atoms with Crippen LogP contribution in [0.2, 0.25) is 0 Å². The Bertz CT molecular complexity index is 490. The number of halogens is 3. The highest BCUT2D eigenvalue weighted by molar-refractivity contribution is 5.52. The average molecular weight is 302 g/mol. The monoisotopic (exact) mass is 302 g/mol. The van der Waals surface area contributed by atoms with Gasteiger partial charge in [0.05, 0.1) is 11.2 Å². The molecule has 2 N–H and O–H groups in total. The summed E-state index contributed by atoms with van der Waals surface area (Å²) in [6.45, 7) is 3.08. The molecule has 0 unspecified atom stereocenters. The van der Waals surface area contributed by atoms with Gasteiger partial charge in [-0.15, -0.1) is 0 Å². The third-order valence-electron chi connectivity index (χ3n) is 3.97. The first-order chi connectivity index (χ1) is 9.73. The largest absolute Gasteiger partial charge is 0.416 e. The third kappa shape index (κ3) is 3.89. The van der Waals surface area contributed by atoms with Crippen LogP contribution in [0.5, 0.6) is 0 Å². The van der Waals surface area contributed by atoms with Crippen LogP contribution in [-0.4, -0.2) is 30.8 Å². The summed E-state index contributed by atoms with van der Waals surface area (Å²) in [5.41, 5.74) is -0.489. The molecular formula is C15H21F3N2O. The van der Waals surface area contributed by atoms with Gasteiger partial charge in [-0.1, -0.05) is 6.07 Å². The number of rotatable bonds is 3. The second-order valence-corrected chi connectivity index (χ2v) is 5.85. The smallest absolute Gasteiger partial charge is 0.390 e. The first-order valence-electron chi connectivity index (χ1n) is 7.05. The van der Waals surface area contributed by atoms with Crippen molar-refractivity contribution in [3.63, 3.8) is 0 Å². The van der Waals surface area contributed by atoms with Crippen LogP contribution < -0.4 is 10.2 Å². The molecule has 3 nitrogen and oxygen atoms in total. The molecule has 118 valence electrons. The minimum absolute atomic E-state index is 0.184. The highest BCUT2D eigenvalue weighted by Crippen LogP contribution is 2.35. The summed E-state index contributed by atoms with van der Waals surface area (Å²) < 4.78 is 39.5. The SMILES string of the molecule is CNCc1ccc(N2CCC(C)(O)CC2)cc1C(F)(F)F. The number of hydrogen-bond donors (Lipinski definition) is 2. The Morgan fingerprint density at radius 1 is 1.29 bits per heavy atom. The van der Waals surface area contributed by atoms with E-state index in [0.29, 0.717) is 31.6 Å². The number of anilines is 1. The van der Waals surface area contributed by atoms with E-state index in [2.05, 4.69) is 5.32 Å². The minimum atomic E-state index is -4.36. The fourth-order valence-electron chi connectivity index (χ4n) is 2.62. The average Bonchev–Trinajstić information content (AvgIpc) is 2.38. The van der Waals surface area contributed by atoms with Gasteiger partial charge in [-0.3, -0.25) is 0 Å². The molecule has 21 heavy (non-hydrogen) atoms. The molecule has 1 heterocycles. The lowest BCUT2D eigenvalue weighted by Gasteiger charge is -2.37. The van der Waals surface area contributed by atoms with E-state index < -0.39 is 17.3 Å². The van der Waals surface area contributed by atoms with Crippen molar-refractivity contribution in [2.24, 2.45) is 0 Å². The fraction of sp³-hybridized carbons (Fsp3) is 0.600. The first-order valence-corrected chi connectivity index (χ1v) is 7.05. The van der Waals surface area contributed by atoms with Crippen molar-refractivity contribution in [1.29, 1.82) is 0 Å². The standard InChI is InChI=1S/C15H21F3N2O/c1-14(21)5-7-20(8-6-14)12-4-3-11(10-19-2)13(9-12)15(16,17)18/h3-4,9,19,21H,5-8,10H2,1-2H3. The minimum Gasteiger partial charge on any atom is -0.390 e. The lowest BCUT2D eigenvalue weighted by Crippen LogP contribution is -2.42. The summed E-state index contributed by atoms with van der Waals surface area (Å²) in [6.07, 6.45) is -3.23. The van der Waals surface area contributed by atoms with E-state index in [-0.39, 0.29) is 12.1 Å². The molecule has 1 aliphatic rings. The van der Waals surface area contributed by atoms with Crippen molar-refractivity contribution in [1.82, 2.24) is 5.32 Å². The van der Waals surface area contributed by atoms with Gasteiger partial charge in [0.15, 0.2) is 0 Å². The number of nitrogens with one attached hydrogen (secondary N) is 1. The van der Waals surface area contributed by atoms with Crippen molar-refractivity contribution < 1.29 is 18.3 Å². The summed E-state index contributed by atoms with van der Waals surface area (Å²) >= 11 is 0. The van der Waals surface area contributed by atoms with E-state index in [1.807, 2.05) is 4.90 Å². The van der Waals surface area contributed by atoms with Crippen LogP contribution in [0.1, 0.15) is 30.9 Å². The number of benzene rings is 1. The van der Waals surface area contributed by atoms with Gasteiger partial charge in [-0.2, -0.15) is 13.2 Å². The lowest BCUT2D eigenvalue weighted by molar-refractivity contribution is -0.138. The second-order valence-electron chi connectivity index (χ2n) is 5.85. The maximum atomic E-state index is 13.2. The van der Waals surface area contributed by atoms with Crippen LogP contribution in [0, 0.1) is 0 Å². The second kappa shape index (κ2) is 5.85. The summed E-state index contributed by atoms with van der Waals surface area (Å²) in [7, 11) is 1.63. The molecule has 0 radical (unpaired) electrons. The van der Waals surface area contributed by atoms with E-state index >= 15 is 0 Å². The summed E-state index contributed by atoms with van der Waals surface area (Å²) in [5.74, 6) is 0. The van der Waals surface area contributed by atoms with Gasteiger partial charge in [0.25, 0.3) is 0 Å². The molecule has 0 bridgehead atoms. The molecule has 0 aromatic heterocycles. The molecule has 0 aliphatic carbocycles. The Morgan fingerprint density at radius 3 is 2.43 bits per heavy atom. The molecule has 0 spiro atoms. The van der Waals surface area contributed by atoms with Gasteiger partial charge < -0.3 is 15.3 Å². The molecule has 1 aromatic carbocycles. The summed E-state index contributed by atoms with van der Waals surface area (Å²) in [5, 5.41) is 12.7. The van der Waals surface area contributed by atoms with Gasteiger partial charge in [0, 0.05) is 25.3 Å². The van der Waals surface area contributed by atoms with Crippen molar-refractivity contribution in [3.05, 3.63) is 29.3 Å². The Morgan fingerprint density at radius 2 is 1.90 bits per heavy atom. The Kier molecular flexibility index (Phi) is 4.49. The normalized spacial score (nSPS) is 18.9. The van der Waals surface area contributed by atoms with Crippen molar-refractivity contribution in [3.8, 4) is 0 Å². The van der Waals surface area contributed by atoms with Gasteiger partial charge >= 0.3 is 6.18 Å². The van der Waals surface area contributed by atoms with Crippen LogP contribution in [0.15, 0.2) is 18.2 Å². The first kappa shape index (κ1) is 16.1. The molecule has 0 saturated carbocycles. The van der Waals surface area contributed by atoms with Crippen LogP contribution >= 0.6 is 0 Å². The van der Waals surface area contributed by atoms with Crippen LogP contribution in [0.3, 0.4) is 0 Å². The van der Waals surface area contributed by atoms with Gasteiger partial charge in [-0.05, 0) is 44.5 Å². The van der Waals surface area contributed by atoms with Crippen LogP contribution in [0.25, 0.3) is 0 Å². The van der Waals surface area contributed by atoms with E-state index in [0.717, 1.165) is 0 Å². The maximum Gasteiger partial charge on any atom is 0.416 e. The van der Waals surface area contributed by atoms with Gasteiger partial charge in [0.2, 0.25) is 0 Å². The van der Waals surface area contributed by atoms with E-state index in [1.165, 1.54) is 12.1 Å². The summed E-state index contributed by atoms with van der Waals surface area (Å²) in [6, 6.07) is 4.47. The number of hydrogen-bond acceptors (Lipinski definition) is 3. The molecule has 6 heteroatoms. The number of piperidine rings is 1. The van der Waals surface area contributed by atoms with E-state index in [4.69, 9.17) is 0 Å². The highest BCUT2D eigenvalue weighted by atomic mass is 19.4. The molecule has 1 fully saturated rings. The Balaban J connectivity index is 2.26. The molecular weight excluding hydrogens is 281 g/mol. The summed E-state index contributed by atoms with van der Waals surface area (Å²) in [4.78, 5) is 1.90. The zero-order chi connectivity index (χ0) is 15.7. The molecule has 2 rings (SSSR count). The van der Waals surface area contributed by atoms with Crippen molar-refractivity contribution in [2.75, 3.05) is 25.0 Å². The molecule has 0 atom stereocenters. The molecule has 1 saturated heterocycles.